The van der Waals surface area contributed by atoms with Crippen LogP contribution in [0.4, 0.5) is 5.69 Å². The van der Waals surface area contributed by atoms with Crippen LogP contribution in [0.25, 0.3) is 0 Å². The van der Waals surface area contributed by atoms with E-state index in [9.17, 15) is 4.79 Å². The molecule has 3 heteroatoms. The lowest BCUT2D eigenvalue weighted by molar-refractivity contribution is 0.0935. The third-order valence-corrected chi connectivity index (χ3v) is 4.17. The highest BCUT2D eigenvalue weighted by molar-refractivity contribution is 5.97. The summed E-state index contributed by atoms with van der Waals surface area (Å²) in [5.41, 5.74) is 8.33. The molecule has 1 aliphatic heterocycles. The van der Waals surface area contributed by atoms with Crippen LogP contribution >= 0.6 is 0 Å². The minimum atomic E-state index is 0.199. The van der Waals surface area contributed by atoms with Gasteiger partial charge in [0.2, 0.25) is 0 Å². The van der Waals surface area contributed by atoms with Crippen molar-refractivity contribution in [2.24, 2.45) is 0 Å². The van der Waals surface area contributed by atoms with Crippen LogP contribution < -0.4 is 5.73 Å². The van der Waals surface area contributed by atoms with E-state index in [-0.39, 0.29) is 5.78 Å². The Balaban J connectivity index is 1.91. The van der Waals surface area contributed by atoms with Crippen LogP contribution in [0.5, 0.6) is 0 Å². The molecule has 1 heterocycles. The van der Waals surface area contributed by atoms with Gasteiger partial charge in [0.05, 0.1) is 0 Å². The number of rotatable bonds is 4. The fourth-order valence-corrected chi connectivity index (χ4v) is 2.69. The maximum atomic E-state index is 12.2. The van der Waals surface area contributed by atoms with E-state index >= 15 is 0 Å². The fourth-order valence-electron chi connectivity index (χ4n) is 2.69. The third kappa shape index (κ3) is 3.57. The molecular formula is C16H24N2O. The van der Waals surface area contributed by atoms with Crippen molar-refractivity contribution in [2.75, 3.05) is 18.8 Å². The zero-order chi connectivity index (χ0) is 13.8. The Morgan fingerprint density at radius 3 is 2.89 bits per heavy atom. The quantitative estimate of drug-likeness (QED) is 0.668. The molecule has 1 unspecified atom stereocenters. The summed E-state index contributed by atoms with van der Waals surface area (Å²) in [6, 6.07) is 6.22. The normalized spacial score (nSPS) is 20.4. The van der Waals surface area contributed by atoms with Gasteiger partial charge in [-0.3, -0.25) is 4.79 Å². The van der Waals surface area contributed by atoms with E-state index < -0.39 is 0 Å². The molecule has 0 radical (unpaired) electrons. The van der Waals surface area contributed by atoms with Crippen LogP contribution in [0.15, 0.2) is 18.2 Å². The van der Waals surface area contributed by atoms with Crippen molar-refractivity contribution in [3.63, 3.8) is 0 Å². The van der Waals surface area contributed by atoms with Gasteiger partial charge in [-0.2, -0.15) is 0 Å². The molecule has 1 atom stereocenters. The summed E-state index contributed by atoms with van der Waals surface area (Å²) in [4.78, 5) is 14.6. The van der Waals surface area contributed by atoms with Gasteiger partial charge in [-0.25, -0.2) is 0 Å². The number of aryl methyl sites for hydroxylation is 1. The van der Waals surface area contributed by atoms with E-state index in [1.807, 2.05) is 19.1 Å². The Morgan fingerprint density at radius 2 is 2.21 bits per heavy atom. The van der Waals surface area contributed by atoms with Crippen molar-refractivity contribution in [2.45, 2.75) is 45.6 Å². The van der Waals surface area contributed by atoms with Crippen molar-refractivity contribution < 1.29 is 4.79 Å². The molecule has 1 fully saturated rings. The number of carbonyl (C=O) groups is 1. The first-order valence-corrected chi connectivity index (χ1v) is 7.21. The fraction of sp³-hybridized carbons (Fsp3) is 0.562. The number of piperidine rings is 1. The molecule has 2 N–H and O–H groups in total. The molecule has 1 aliphatic rings. The monoisotopic (exact) mass is 260 g/mol. The predicted molar refractivity (Wildman–Crippen MR) is 79.4 cm³/mol. The summed E-state index contributed by atoms with van der Waals surface area (Å²) in [7, 11) is 0. The number of hydrogen-bond acceptors (Lipinski definition) is 3. The Hall–Kier alpha value is -1.35. The zero-order valence-electron chi connectivity index (χ0n) is 12.0. The minimum Gasteiger partial charge on any atom is -0.398 e. The molecule has 0 amide bonds. The van der Waals surface area contributed by atoms with Gasteiger partial charge in [-0.15, -0.1) is 0 Å². The second-order valence-electron chi connectivity index (χ2n) is 5.63. The Bertz CT molecular complexity index is 456. The molecule has 104 valence electrons. The zero-order valence-corrected chi connectivity index (χ0v) is 12.0. The van der Waals surface area contributed by atoms with Crippen LogP contribution in [0.1, 0.15) is 48.5 Å². The Kier molecular flexibility index (Phi) is 4.59. The number of Topliss-reactive ketones (excluding diaryl/α,β-unsaturated/α-hetero) is 1. The van der Waals surface area contributed by atoms with Crippen molar-refractivity contribution in [3.8, 4) is 0 Å². The highest BCUT2D eigenvalue weighted by Crippen LogP contribution is 2.18. The summed E-state index contributed by atoms with van der Waals surface area (Å²) in [5.74, 6) is 0.199. The molecule has 0 aromatic heterocycles. The van der Waals surface area contributed by atoms with Gasteiger partial charge in [0.15, 0.2) is 5.78 Å². The summed E-state index contributed by atoms with van der Waals surface area (Å²) in [6.07, 6.45) is 4.43. The molecule has 3 nitrogen and oxygen atoms in total. The van der Waals surface area contributed by atoms with Gasteiger partial charge in [0.25, 0.3) is 0 Å². The SMILES string of the molecule is Cc1ccc(C(=O)CCN2CCCCC2C)cc1N. The lowest BCUT2D eigenvalue weighted by atomic mass is 10.0. The summed E-state index contributed by atoms with van der Waals surface area (Å²) < 4.78 is 0. The van der Waals surface area contributed by atoms with Crippen LogP contribution in [0.3, 0.4) is 0 Å². The highest BCUT2D eigenvalue weighted by Gasteiger charge is 2.19. The average Bonchev–Trinajstić information content (AvgIpc) is 2.40. The number of hydrogen-bond donors (Lipinski definition) is 1. The number of carbonyl (C=O) groups excluding carboxylic acids is 1. The maximum absolute atomic E-state index is 12.2. The van der Waals surface area contributed by atoms with E-state index in [1.165, 1.54) is 19.3 Å². The molecule has 0 spiro atoms. The maximum Gasteiger partial charge on any atom is 0.164 e. The van der Waals surface area contributed by atoms with Crippen LogP contribution in [-0.2, 0) is 0 Å². The van der Waals surface area contributed by atoms with E-state index in [0.29, 0.717) is 18.2 Å². The number of anilines is 1. The molecule has 0 bridgehead atoms. The topological polar surface area (TPSA) is 46.3 Å². The first-order chi connectivity index (χ1) is 9.08. The van der Waals surface area contributed by atoms with Crippen molar-refractivity contribution >= 4 is 11.5 Å². The predicted octanol–water partition coefficient (Wildman–Crippen LogP) is 3.02. The second-order valence-corrected chi connectivity index (χ2v) is 5.63. The first kappa shape index (κ1) is 14.1. The van der Waals surface area contributed by atoms with Crippen LogP contribution in [0.2, 0.25) is 0 Å². The van der Waals surface area contributed by atoms with Gasteiger partial charge < -0.3 is 10.6 Å². The third-order valence-electron chi connectivity index (χ3n) is 4.17. The lowest BCUT2D eigenvalue weighted by Gasteiger charge is -2.33. The number of likely N-dealkylation sites (tertiary alicyclic amines) is 1. The summed E-state index contributed by atoms with van der Waals surface area (Å²) in [6.45, 7) is 6.21. The second kappa shape index (κ2) is 6.20. The number of ketones is 1. The van der Waals surface area contributed by atoms with Crippen molar-refractivity contribution in [1.82, 2.24) is 4.90 Å². The standard InChI is InChI=1S/C16H24N2O/c1-12-6-7-14(11-15(12)17)16(19)8-10-18-9-4-3-5-13(18)2/h6-7,11,13H,3-5,8-10,17H2,1-2H3. The summed E-state index contributed by atoms with van der Waals surface area (Å²) in [5, 5.41) is 0. The highest BCUT2D eigenvalue weighted by atomic mass is 16.1. The minimum absolute atomic E-state index is 0.199. The molecule has 0 aliphatic carbocycles. The number of nitrogens with two attached hydrogens (primary N) is 1. The van der Waals surface area contributed by atoms with Gasteiger partial charge in [0, 0.05) is 30.3 Å². The van der Waals surface area contributed by atoms with E-state index in [1.54, 1.807) is 6.07 Å². The molecule has 1 saturated heterocycles. The molecular weight excluding hydrogens is 236 g/mol. The molecule has 0 saturated carbocycles. The largest absolute Gasteiger partial charge is 0.398 e. The molecule has 1 aromatic rings. The van der Waals surface area contributed by atoms with E-state index in [0.717, 1.165) is 24.2 Å². The van der Waals surface area contributed by atoms with Gasteiger partial charge in [0.1, 0.15) is 0 Å². The average molecular weight is 260 g/mol. The van der Waals surface area contributed by atoms with Gasteiger partial charge >= 0.3 is 0 Å². The number of nitrogen functional groups attached to an aromatic ring is 1. The Labute approximate surface area is 115 Å². The smallest absolute Gasteiger partial charge is 0.164 e. The lowest BCUT2D eigenvalue weighted by Crippen LogP contribution is -2.38. The van der Waals surface area contributed by atoms with Gasteiger partial charge in [-0.05, 0) is 44.9 Å². The van der Waals surface area contributed by atoms with Gasteiger partial charge in [-0.1, -0.05) is 18.6 Å². The van der Waals surface area contributed by atoms with Crippen LogP contribution in [0, 0.1) is 6.92 Å². The van der Waals surface area contributed by atoms with Crippen LogP contribution in [-0.4, -0.2) is 29.8 Å². The molecule has 2 rings (SSSR count). The first-order valence-electron chi connectivity index (χ1n) is 7.21. The van der Waals surface area contributed by atoms with E-state index in [4.69, 9.17) is 5.73 Å². The van der Waals surface area contributed by atoms with E-state index in [2.05, 4.69) is 11.8 Å². The molecule has 1 aromatic carbocycles. The van der Waals surface area contributed by atoms with Crippen molar-refractivity contribution in [1.29, 1.82) is 0 Å². The summed E-state index contributed by atoms with van der Waals surface area (Å²) >= 11 is 0. The Morgan fingerprint density at radius 1 is 1.42 bits per heavy atom. The number of nitrogens with zero attached hydrogens (tertiary/aromatic N) is 1. The molecule has 19 heavy (non-hydrogen) atoms. The van der Waals surface area contributed by atoms with Crippen molar-refractivity contribution in [3.05, 3.63) is 29.3 Å². The number of benzene rings is 1.